The Balaban J connectivity index is 2.03. The van der Waals surface area contributed by atoms with Crippen LogP contribution in [0.1, 0.15) is 10.4 Å². The second-order valence-electron chi connectivity index (χ2n) is 4.85. The van der Waals surface area contributed by atoms with Crippen LogP contribution in [0.4, 0.5) is 0 Å². The third-order valence-electron chi connectivity index (χ3n) is 3.19. The summed E-state index contributed by atoms with van der Waals surface area (Å²) in [5, 5.41) is 15.6. The van der Waals surface area contributed by atoms with Gasteiger partial charge in [0.15, 0.2) is 0 Å². The number of nitrogens with one attached hydrogen (secondary N) is 1. The van der Waals surface area contributed by atoms with Crippen molar-refractivity contribution in [3.63, 3.8) is 0 Å². The molecule has 0 bridgehead atoms. The van der Waals surface area contributed by atoms with Crippen LogP contribution in [0.3, 0.4) is 0 Å². The number of carbonyl (C=O) groups is 2. The van der Waals surface area contributed by atoms with Crippen LogP contribution in [0.25, 0.3) is 16.3 Å². The van der Waals surface area contributed by atoms with Crippen LogP contribution < -0.4 is 5.32 Å². The standard InChI is InChI=1S/C16H12ClN3O3S/c17-13-7-6-12(24-13)15-11(16(23)18-8-14(21)22)9-20(19-15)10-4-2-1-3-5-10/h1-7,9H,8H2,(H,18,23)(H,21,22). The number of hydrogen-bond acceptors (Lipinski definition) is 4. The molecular formula is C16H12ClN3O3S. The SMILES string of the molecule is O=C(O)CNC(=O)c1cn(-c2ccccc2)nc1-c1ccc(Cl)s1. The average molecular weight is 362 g/mol. The number of aliphatic carboxylic acids is 1. The minimum Gasteiger partial charge on any atom is -0.480 e. The number of carboxylic acids is 1. The van der Waals surface area contributed by atoms with Crippen LogP contribution in [0, 0.1) is 0 Å². The van der Waals surface area contributed by atoms with Gasteiger partial charge in [-0.1, -0.05) is 29.8 Å². The van der Waals surface area contributed by atoms with Gasteiger partial charge in [0.25, 0.3) is 5.91 Å². The summed E-state index contributed by atoms with van der Waals surface area (Å²) in [6.07, 6.45) is 1.58. The number of halogens is 1. The molecule has 122 valence electrons. The highest BCUT2D eigenvalue weighted by atomic mass is 35.5. The molecule has 0 spiro atoms. The number of benzene rings is 1. The van der Waals surface area contributed by atoms with Crippen LogP contribution in [-0.2, 0) is 4.79 Å². The zero-order chi connectivity index (χ0) is 17.1. The summed E-state index contributed by atoms with van der Waals surface area (Å²) in [6, 6.07) is 12.8. The number of nitrogens with zero attached hydrogens (tertiary/aromatic N) is 2. The Kier molecular flexibility index (Phi) is 4.64. The molecule has 8 heteroatoms. The summed E-state index contributed by atoms with van der Waals surface area (Å²) in [7, 11) is 0. The summed E-state index contributed by atoms with van der Waals surface area (Å²) < 4.78 is 2.16. The molecule has 0 unspecified atom stereocenters. The van der Waals surface area contributed by atoms with E-state index in [4.69, 9.17) is 16.7 Å². The van der Waals surface area contributed by atoms with Crippen molar-refractivity contribution in [1.82, 2.24) is 15.1 Å². The van der Waals surface area contributed by atoms with Gasteiger partial charge in [0.2, 0.25) is 0 Å². The molecule has 2 aromatic heterocycles. The predicted molar refractivity (Wildman–Crippen MR) is 91.9 cm³/mol. The molecule has 1 aromatic carbocycles. The average Bonchev–Trinajstić information content (AvgIpc) is 3.19. The quantitative estimate of drug-likeness (QED) is 0.731. The monoisotopic (exact) mass is 361 g/mol. The van der Waals surface area contributed by atoms with Gasteiger partial charge < -0.3 is 10.4 Å². The van der Waals surface area contributed by atoms with Gasteiger partial charge in [-0.05, 0) is 24.3 Å². The maximum Gasteiger partial charge on any atom is 0.322 e. The molecule has 0 saturated heterocycles. The highest BCUT2D eigenvalue weighted by Gasteiger charge is 2.20. The summed E-state index contributed by atoms with van der Waals surface area (Å²) in [6.45, 7) is -0.458. The Bertz CT molecular complexity index is 889. The normalized spacial score (nSPS) is 10.5. The van der Waals surface area contributed by atoms with Gasteiger partial charge in [0.1, 0.15) is 12.2 Å². The molecular weight excluding hydrogens is 350 g/mol. The minimum atomic E-state index is -1.11. The van der Waals surface area contributed by atoms with Crippen LogP contribution in [0.15, 0.2) is 48.7 Å². The fraction of sp³-hybridized carbons (Fsp3) is 0.0625. The van der Waals surface area contributed by atoms with Gasteiger partial charge in [-0.25, -0.2) is 4.68 Å². The van der Waals surface area contributed by atoms with E-state index in [1.807, 2.05) is 30.3 Å². The molecule has 6 nitrogen and oxygen atoms in total. The first-order valence-electron chi connectivity index (χ1n) is 6.95. The Labute approximate surface area is 146 Å². The number of amides is 1. The molecule has 2 heterocycles. The van der Waals surface area contributed by atoms with Gasteiger partial charge in [0.05, 0.1) is 20.5 Å². The maximum absolute atomic E-state index is 12.3. The number of thiophene rings is 1. The first-order chi connectivity index (χ1) is 11.5. The molecule has 0 fully saturated rings. The lowest BCUT2D eigenvalue weighted by Crippen LogP contribution is -2.29. The van der Waals surface area contributed by atoms with Crippen molar-refractivity contribution in [2.75, 3.05) is 6.54 Å². The molecule has 3 aromatic rings. The zero-order valence-corrected chi connectivity index (χ0v) is 13.8. The van der Waals surface area contributed by atoms with E-state index in [-0.39, 0.29) is 0 Å². The van der Waals surface area contributed by atoms with E-state index in [0.717, 1.165) is 10.6 Å². The molecule has 3 rings (SSSR count). The first-order valence-corrected chi connectivity index (χ1v) is 8.15. The Hall–Kier alpha value is -2.64. The van der Waals surface area contributed by atoms with E-state index in [2.05, 4.69) is 10.4 Å². The third kappa shape index (κ3) is 3.47. The zero-order valence-electron chi connectivity index (χ0n) is 12.3. The van der Waals surface area contributed by atoms with Crippen LogP contribution in [0.2, 0.25) is 4.34 Å². The van der Waals surface area contributed by atoms with Crippen molar-refractivity contribution in [2.45, 2.75) is 0 Å². The number of carboxylic acid groups (broad SMARTS) is 1. The van der Waals surface area contributed by atoms with Gasteiger partial charge in [0, 0.05) is 6.20 Å². The Morgan fingerprint density at radius 3 is 2.58 bits per heavy atom. The lowest BCUT2D eigenvalue weighted by Gasteiger charge is -2.01. The molecule has 0 radical (unpaired) electrons. The minimum absolute atomic E-state index is 0.290. The topological polar surface area (TPSA) is 84.2 Å². The summed E-state index contributed by atoms with van der Waals surface area (Å²) >= 11 is 7.27. The first kappa shape index (κ1) is 16.2. The van der Waals surface area contributed by atoms with E-state index in [1.165, 1.54) is 11.3 Å². The summed E-state index contributed by atoms with van der Waals surface area (Å²) in [5.74, 6) is -1.61. The van der Waals surface area contributed by atoms with E-state index < -0.39 is 18.4 Å². The molecule has 0 aliphatic carbocycles. The molecule has 0 saturated carbocycles. The van der Waals surface area contributed by atoms with Crippen molar-refractivity contribution in [2.24, 2.45) is 0 Å². The van der Waals surface area contributed by atoms with Crippen molar-refractivity contribution < 1.29 is 14.7 Å². The smallest absolute Gasteiger partial charge is 0.322 e. The summed E-state index contributed by atoms with van der Waals surface area (Å²) in [5.41, 5.74) is 1.54. The fourth-order valence-electron chi connectivity index (χ4n) is 2.13. The fourth-order valence-corrected chi connectivity index (χ4v) is 3.17. The van der Waals surface area contributed by atoms with Crippen molar-refractivity contribution >= 4 is 34.8 Å². The third-order valence-corrected chi connectivity index (χ3v) is 4.42. The summed E-state index contributed by atoms with van der Waals surface area (Å²) in [4.78, 5) is 23.7. The Morgan fingerprint density at radius 1 is 1.21 bits per heavy atom. The van der Waals surface area contributed by atoms with Gasteiger partial charge in [-0.15, -0.1) is 11.3 Å². The maximum atomic E-state index is 12.3. The van der Waals surface area contributed by atoms with E-state index in [0.29, 0.717) is 15.6 Å². The molecule has 1 amide bonds. The van der Waals surface area contributed by atoms with Gasteiger partial charge in [-0.3, -0.25) is 9.59 Å². The van der Waals surface area contributed by atoms with Crippen molar-refractivity contribution in [3.8, 4) is 16.3 Å². The van der Waals surface area contributed by atoms with E-state index in [9.17, 15) is 9.59 Å². The number of aromatic nitrogens is 2. The largest absolute Gasteiger partial charge is 0.480 e. The van der Waals surface area contributed by atoms with Gasteiger partial charge in [-0.2, -0.15) is 5.10 Å². The second kappa shape index (κ2) is 6.86. The second-order valence-corrected chi connectivity index (χ2v) is 6.57. The van der Waals surface area contributed by atoms with Crippen LogP contribution >= 0.6 is 22.9 Å². The van der Waals surface area contributed by atoms with Gasteiger partial charge >= 0.3 is 5.97 Å². The molecule has 0 atom stereocenters. The van der Waals surface area contributed by atoms with Crippen LogP contribution in [0.5, 0.6) is 0 Å². The number of rotatable bonds is 5. The molecule has 24 heavy (non-hydrogen) atoms. The van der Waals surface area contributed by atoms with E-state index in [1.54, 1.807) is 23.0 Å². The highest BCUT2D eigenvalue weighted by molar-refractivity contribution is 7.19. The molecule has 0 aliphatic rings. The molecule has 2 N–H and O–H groups in total. The number of carbonyl (C=O) groups excluding carboxylic acids is 1. The van der Waals surface area contributed by atoms with Crippen molar-refractivity contribution in [3.05, 3.63) is 58.6 Å². The van der Waals surface area contributed by atoms with Crippen molar-refractivity contribution in [1.29, 1.82) is 0 Å². The Morgan fingerprint density at radius 2 is 1.96 bits per heavy atom. The van der Waals surface area contributed by atoms with Crippen LogP contribution in [-0.4, -0.2) is 33.3 Å². The highest BCUT2D eigenvalue weighted by Crippen LogP contribution is 2.32. The molecule has 0 aliphatic heterocycles. The predicted octanol–water partition coefficient (Wildman–Crippen LogP) is 3.07. The van der Waals surface area contributed by atoms with E-state index >= 15 is 0 Å². The number of para-hydroxylation sites is 1. The number of hydrogen-bond donors (Lipinski definition) is 2. The lowest BCUT2D eigenvalue weighted by molar-refractivity contribution is -0.135. The lowest BCUT2D eigenvalue weighted by atomic mass is 10.2.